The van der Waals surface area contributed by atoms with Gasteiger partial charge < -0.3 is 9.84 Å². The Hall–Kier alpha value is -1.01. The van der Waals surface area contributed by atoms with Crippen molar-refractivity contribution in [3.63, 3.8) is 0 Å². The summed E-state index contributed by atoms with van der Waals surface area (Å²) in [7, 11) is 0. The van der Waals surface area contributed by atoms with Gasteiger partial charge in [-0.05, 0) is 12.5 Å². The third-order valence-corrected chi connectivity index (χ3v) is 3.92. The fourth-order valence-corrected chi connectivity index (χ4v) is 2.69. The van der Waals surface area contributed by atoms with Crippen LogP contribution in [-0.4, -0.2) is 29.4 Å². The molecule has 94 valence electrons. The number of hydrogen-bond acceptors (Lipinski definition) is 5. The molecule has 0 amide bonds. The van der Waals surface area contributed by atoms with Gasteiger partial charge in [-0.1, -0.05) is 13.3 Å². The summed E-state index contributed by atoms with van der Waals surface area (Å²) in [4.78, 5) is 23.0. The highest BCUT2D eigenvalue weighted by Crippen LogP contribution is 2.24. The second kappa shape index (κ2) is 7.34. The van der Waals surface area contributed by atoms with E-state index in [9.17, 15) is 9.59 Å². The standard InChI is InChI=1S/C11H14O4S2/c1-2-3-4-15-10(12)7-16-8-5-9(11(13)14)17-6-8/h5-6H,2-4,7H2,1H3,(H,13,14). The lowest BCUT2D eigenvalue weighted by molar-refractivity contribution is -0.140. The number of carbonyl (C=O) groups is 2. The summed E-state index contributed by atoms with van der Waals surface area (Å²) in [5.74, 6) is -0.974. The molecule has 0 saturated heterocycles. The Kier molecular flexibility index (Phi) is 6.07. The maximum Gasteiger partial charge on any atom is 0.345 e. The van der Waals surface area contributed by atoms with Gasteiger partial charge in [0.1, 0.15) is 4.88 Å². The molecule has 0 radical (unpaired) electrons. The normalized spacial score (nSPS) is 10.2. The van der Waals surface area contributed by atoms with Crippen LogP contribution in [0.25, 0.3) is 0 Å². The first-order chi connectivity index (χ1) is 8.13. The molecule has 0 bridgehead atoms. The van der Waals surface area contributed by atoms with Crippen molar-refractivity contribution in [1.82, 2.24) is 0 Å². The summed E-state index contributed by atoms with van der Waals surface area (Å²) >= 11 is 2.46. The molecule has 6 heteroatoms. The molecule has 0 aliphatic heterocycles. The number of esters is 1. The summed E-state index contributed by atoms with van der Waals surface area (Å²) in [6.07, 6.45) is 1.87. The van der Waals surface area contributed by atoms with Gasteiger partial charge in [0.15, 0.2) is 0 Å². The summed E-state index contributed by atoms with van der Waals surface area (Å²) in [5, 5.41) is 10.5. The molecule has 0 atom stereocenters. The number of ether oxygens (including phenoxy) is 1. The van der Waals surface area contributed by atoms with Gasteiger partial charge in [-0.3, -0.25) is 4.79 Å². The van der Waals surface area contributed by atoms with Crippen molar-refractivity contribution in [2.24, 2.45) is 0 Å². The number of hydrogen-bond donors (Lipinski definition) is 1. The lowest BCUT2D eigenvalue weighted by atomic mass is 10.4. The molecule has 17 heavy (non-hydrogen) atoms. The first-order valence-corrected chi connectivity index (χ1v) is 7.10. The van der Waals surface area contributed by atoms with Gasteiger partial charge in [-0.2, -0.15) is 0 Å². The van der Waals surface area contributed by atoms with Crippen LogP contribution in [0.15, 0.2) is 16.3 Å². The molecule has 1 rings (SSSR count). The topological polar surface area (TPSA) is 63.6 Å². The monoisotopic (exact) mass is 274 g/mol. The van der Waals surface area contributed by atoms with Crippen LogP contribution in [0.5, 0.6) is 0 Å². The SMILES string of the molecule is CCCCOC(=O)CSc1csc(C(=O)O)c1. The average molecular weight is 274 g/mol. The molecular weight excluding hydrogens is 260 g/mol. The fourth-order valence-electron chi connectivity index (χ4n) is 1.02. The Labute approximate surface area is 108 Å². The Morgan fingerprint density at radius 1 is 1.53 bits per heavy atom. The molecule has 0 aliphatic rings. The number of rotatable bonds is 7. The zero-order valence-corrected chi connectivity index (χ0v) is 11.1. The van der Waals surface area contributed by atoms with E-state index < -0.39 is 5.97 Å². The third kappa shape index (κ3) is 5.23. The first-order valence-electron chi connectivity index (χ1n) is 5.23. The molecule has 0 saturated carbocycles. The molecule has 0 spiro atoms. The maximum absolute atomic E-state index is 11.3. The first kappa shape index (κ1) is 14.1. The minimum atomic E-state index is -0.938. The van der Waals surface area contributed by atoms with E-state index in [4.69, 9.17) is 9.84 Å². The molecule has 0 fully saturated rings. The number of carbonyl (C=O) groups excluding carboxylic acids is 1. The Morgan fingerprint density at radius 2 is 2.29 bits per heavy atom. The molecular formula is C11H14O4S2. The van der Waals surface area contributed by atoms with Crippen molar-refractivity contribution in [3.05, 3.63) is 16.3 Å². The van der Waals surface area contributed by atoms with Gasteiger partial charge in [0.25, 0.3) is 0 Å². The number of thiophene rings is 1. The highest BCUT2D eigenvalue weighted by molar-refractivity contribution is 8.00. The van der Waals surface area contributed by atoms with Crippen molar-refractivity contribution >= 4 is 35.0 Å². The largest absolute Gasteiger partial charge is 0.477 e. The third-order valence-electron chi connectivity index (χ3n) is 1.90. The van der Waals surface area contributed by atoms with Gasteiger partial charge in [0.05, 0.1) is 12.4 Å². The quantitative estimate of drug-likeness (QED) is 0.470. The number of carboxylic acid groups (broad SMARTS) is 1. The molecule has 1 aromatic heterocycles. The van der Waals surface area contributed by atoms with E-state index in [0.717, 1.165) is 29.1 Å². The minimum Gasteiger partial charge on any atom is -0.477 e. The van der Waals surface area contributed by atoms with Gasteiger partial charge in [0.2, 0.25) is 0 Å². The van der Waals surface area contributed by atoms with E-state index >= 15 is 0 Å². The van der Waals surface area contributed by atoms with E-state index in [1.165, 1.54) is 11.8 Å². The minimum absolute atomic E-state index is 0.222. The van der Waals surface area contributed by atoms with Crippen molar-refractivity contribution in [2.75, 3.05) is 12.4 Å². The van der Waals surface area contributed by atoms with Crippen LogP contribution in [-0.2, 0) is 9.53 Å². The van der Waals surface area contributed by atoms with Gasteiger partial charge in [-0.15, -0.1) is 23.1 Å². The predicted octanol–water partition coefficient (Wildman–Crippen LogP) is 2.88. The second-order valence-corrected chi connectivity index (χ2v) is 5.27. The van der Waals surface area contributed by atoms with Crippen molar-refractivity contribution in [1.29, 1.82) is 0 Å². The lowest BCUT2D eigenvalue weighted by Crippen LogP contribution is -2.07. The molecule has 0 aliphatic carbocycles. The Balaban J connectivity index is 2.29. The van der Waals surface area contributed by atoms with Crippen LogP contribution >= 0.6 is 23.1 Å². The van der Waals surface area contributed by atoms with E-state index in [-0.39, 0.29) is 16.6 Å². The van der Waals surface area contributed by atoms with E-state index in [2.05, 4.69) is 0 Å². The lowest BCUT2D eigenvalue weighted by Gasteiger charge is -2.02. The highest BCUT2D eigenvalue weighted by Gasteiger charge is 2.09. The van der Waals surface area contributed by atoms with Crippen LogP contribution in [0.3, 0.4) is 0 Å². The van der Waals surface area contributed by atoms with Crippen LogP contribution < -0.4 is 0 Å². The molecule has 1 N–H and O–H groups in total. The molecule has 1 heterocycles. The van der Waals surface area contributed by atoms with Crippen molar-refractivity contribution in [3.8, 4) is 0 Å². The average Bonchev–Trinajstić information content (AvgIpc) is 2.75. The van der Waals surface area contributed by atoms with E-state index in [1.807, 2.05) is 6.92 Å². The molecule has 4 nitrogen and oxygen atoms in total. The van der Waals surface area contributed by atoms with Gasteiger partial charge >= 0.3 is 11.9 Å². The number of unbranched alkanes of at least 4 members (excludes halogenated alkanes) is 1. The maximum atomic E-state index is 11.3. The highest BCUT2D eigenvalue weighted by atomic mass is 32.2. The zero-order chi connectivity index (χ0) is 12.7. The summed E-state index contributed by atoms with van der Waals surface area (Å²) in [5.41, 5.74) is 0. The van der Waals surface area contributed by atoms with Gasteiger partial charge in [-0.25, -0.2) is 4.79 Å². The van der Waals surface area contributed by atoms with Gasteiger partial charge in [0, 0.05) is 10.3 Å². The van der Waals surface area contributed by atoms with E-state index in [1.54, 1.807) is 11.4 Å². The van der Waals surface area contributed by atoms with Crippen molar-refractivity contribution < 1.29 is 19.4 Å². The predicted molar refractivity (Wildman–Crippen MR) is 67.9 cm³/mol. The van der Waals surface area contributed by atoms with Crippen LogP contribution in [0.1, 0.15) is 29.4 Å². The summed E-state index contributed by atoms with van der Waals surface area (Å²) in [6.45, 7) is 2.49. The number of aromatic carboxylic acids is 1. The fraction of sp³-hybridized carbons (Fsp3) is 0.455. The number of carboxylic acids is 1. The van der Waals surface area contributed by atoms with Crippen LogP contribution in [0.4, 0.5) is 0 Å². The zero-order valence-electron chi connectivity index (χ0n) is 9.47. The summed E-state index contributed by atoms with van der Waals surface area (Å²) < 4.78 is 4.99. The van der Waals surface area contributed by atoms with Crippen molar-refractivity contribution in [2.45, 2.75) is 24.7 Å². The Morgan fingerprint density at radius 3 is 2.88 bits per heavy atom. The summed E-state index contributed by atoms with van der Waals surface area (Å²) in [6, 6.07) is 1.57. The Bertz CT molecular complexity index is 387. The molecule has 0 unspecified atom stereocenters. The number of thioether (sulfide) groups is 1. The van der Waals surface area contributed by atoms with E-state index in [0.29, 0.717) is 6.61 Å². The molecule has 0 aromatic carbocycles. The smallest absolute Gasteiger partial charge is 0.345 e. The van der Waals surface area contributed by atoms with Crippen LogP contribution in [0, 0.1) is 0 Å². The molecule has 1 aromatic rings. The second-order valence-electron chi connectivity index (χ2n) is 3.31. The van der Waals surface area contributed by atoms with Crippen LogP contribution in [0.2, 0.25) is 0 Å².